The largest absolute Gasteiger partial charge is 0.378 e. The average molecular weight is 368 g/mol. The normalized spacial score (nSPS) is 14.5. The van der Waals surface area contributed by atoms with Gasteiger partial charge in [-0.3, -0.25) is 0 Å². The van der Waals surface area contributed by atoms with Crippen LogP contribution in [0.2, 0.25) is 0 Å². The van der Waals surface area contributed by atoms with Crippen LogP contribution in [0.3, 0.4) is 0 Å². The van der Waals surface area contributed by atoms with Crippen LogP contribution < -0.4 is 9.80 Å². The third-order valence-electron chi connectivity index (χ3n) is 4.66. The van der Waals surface area contributed by atoms with Gasteiger partial charge < -0.3 is 24.7 Å². The van der Waals surface area contributed by atoms with Gasteiger partial charge in [-0.15, -0.1) is 0 Å². The first-order chi connectivity index (χ1) is 13.1. The zero-order valence-electron chi connectivity index (χ0n) is 15.0. The van der Waals surface area contributed by atoms with E-state index in [0.717, 1.165) is 26.3 Å². The molecule has 140 valence electrons. The van der Waals surface area contributed by atoms with E-state index >= 15 is 0 Å². The lowest BCUT2D eigenvalue weighted by molar-refractivity contribution is -0.391. The molecule has 9 heteroatoms. The number of ether oxygens (including phenoxy) is 1. The summed E-state index contributed by atoms with van der Waals surface area (Å²) in [5, 5.41) is 15.5. The number of anilines is 2. The van der Waals surface area contributed by atoms with Gasteiger partial charge in [0.25, 0.3) is 0 Å². The Morgan fingerprint density at radius 1 is 1.22 bits per heavy atom. The number of nitrogens with zero attached hydrogens (tertiary/aromatic N) is 6. The third kappa shape index (κ3) is 3.41. The molecule has 4 rings (SSSR count). The number of fused-ring (bicyclic) bond motifs is 1. The minimum Gasteiger partial charge on any atom is -0.378 e. The van der Waals surface area contributed by atoms with Gasteiger partial charge in [-0.2, -0.15) is 0 Å². The van der Waals surface area contributed by atoms with Crippen molar-refractivity contribution < 1.29 is 9.66 Å². The molecule has 27 heavy (non-hydrogen) atoms. The predicted molar refractivity (Wildman–Crippen MR) is 101 cm³/mol. The average Bonchev–Trinajstić information content (AvgIpc) is 3.12. The number of hydrogen-bond acceptors (Lipinski definition) is 7. The van der Waals surface area contributed by atoms with Gasteiger partial charge in [0.15, 0.2) is 5.82 Å². The highest BCUT2D eigenvalue weighted by atomic mass is 16.6. The van der Waals surface area contributed by atoms with E-state index in [9.17, 15) is 10.1 Å². The Morgan fingerprint density at radius 2 is 2.00 bits per heavy atom. The molecule has 1 aliphatic rings. The van der Waals surface area contributed by atoms with E-state index in [1.165, 1.54) is 22.0 Å². The fraction of sp³-hybridized carbons (Fsp3) is 0.333. The monoisotopic (exact) mass is 368 g/mol. The van der Waals surface area contributed by atoms with Crippen molar-refractivity contribution in [3.8, 4) is 0 Å². The van der Waals surface area contributed by atoms with Crippen LogP contribution in [0.1, 0.15) is 5.56 Å². The molecule has 0 atom stereocenters. The predicted octanol–water partition coefficient (Wildman–Crippen LogP) is 2.11. The highest BCUT2D eigenvalue weighted by molar-refractivity contribution is 5.56. The maximum absolute atomic E-state index is 11.1. The Morgan fingerprint density at radius 3 is 2.78 bits per heavy atom. The van der Waals surface area contributed by atoms with Crippen LogP contribution in [0, 0.1) is 10.1 Å². The molecule has 2 aromatic heterocycles. The molecular formula is C18H20N6O3. The number of aromatic nitrogens is 3. The van der Waals surface area contributed by atoms with Crippen LogP contribution >= 0.6 is 0 Å². The molecule has 1 aliphatic heterocycles. The minimum absolute atomic E-state index is 0.144. The molecule has 0 N–H and O–H groups in total. The van der Waals surface area contributed by atoms with E-state index in [-0.39, 0.29) is 5.82 Å². The molecule has 1 saturated heterocycles. The summed E-state index contributed by atoms with van der Waals surface area (Å²) in [4.78, 5) is 19.0. The van der Waals surface area contributed by atoms with E-state index < -0.39 is 4.92 Å². The van der Waals surface area contributed by atoms with E-state index in [1.54, 1.807) is 6.07 Å². The topological polar surface area (TPSA) is 89.0 Å². The van der Waals surface area contributed by atoms with E-state index in [0.29, 0.717) is 18.0 Å². The SMILES string of the molecule is CN(Cc1ccccc1N1CCOCC1)c1ccc2ncc([N+](=O)[O-])n2n1. The van der Waals surface area contributed by atoms with Gasteiger partial charge >= 0.3 is 5.82 Å². The fourth-order valence-corrected chi connectivity index (χ4v) is 3.27. The molecule has 0 saturated carbocycles. The summed E-state index contributed by atoms with van der Waals surface area (Å²) in [6, 6.07) is 11.8. The first-order valence-electron chi connectivity index (χ1n) is 8.74. The standard InChI is InChI=1S/C18H20N6O3/c1-21(17-7-6-16-19-12-18(24(25)26)23(16)20-17)13-14-4-2-3-5-15(14)22-8-10-27-11-9-22/h2-7,12H,8-11,13H2,1H3. The summed E-state index contributed by atoms with van der Waals surface area (Å²) in [6.07, 6.45) is 1.22. The minimum atomic E-state index is -0.482. The number of rotatable bonds is 5. The zero-order chi connectivity index (χ0) is 18.8. The quantitative estimate of drug-likeness (QED) is 0.503. The Labute approximate surface area is 155 Å². The number of benzene rings is 1. The summed E-state index contributed by atoms with van der Waals surface area (Å²) in [7, 11) is 1.92. The smallest absolute Gasteiger partial charge is 0.368 e. The van der Waals surface area contributed by atoms with E-state index in [1.807, 2.05) is 30.1 Å². The molecule has 3 aromatic rings. The van der Waals surface area contributed by atoms with Crippen molar-refractivity contribution in [1.82, 2.24) is 14.6 Å². The van der Waals surface area contributed by atoms with Crippen molar-refractivity contribution in [3.63, 3.8) is 0 Å². The second-order valence-electron chi connectivity index (χ2n) is 6.42. The third-order valence-corrected chi connectivity index (χ3v) is 4.66. The molecule has 0 amide bonds. The Kier molecular flexibility index (Phi) is 4.59. The summed E-state index contributed by atoms with van der Waals surface area (Å²) >= 11 is 0. The first-order valence-corrected chi connectivity index (χ1v) is 8.74. The molecule has 1 aromatic carbocycles. The van der Waals surface area contributed by atoms with Crippen molar-refractivity contribution in [1.29, 1.82) is 0 Å². The zero-order valence-corrected chi connectivity index (χ0v) is 15.0. The van der Waals surface area contributed by atoms with Crippen molar-refractivity contribution >= 4 is 23.0 Å². The lowest BCUT2D eigenvalue weighted by Gasteiger charge is -2.31. The van der Waals surface area contributed by atoms with Gasteiger partial charge in [0.2, 0.25) is 5.65 Å². The maximum Gasteiger partial charge on any atom is 0.368 e. The van der Waals surface area contributed by atoms with Crippen LogP contribution in [0.4, 0.5) is 17.3 Å². The van der Waals surface area contributed by atoms with E-state index in [2.05, 4.69) is 27.1 Å². The van der Waals surface area contributed by atoms with E-state index in [4.69, 9.17) is 4.74 Å². The van der Waals surface area contributed by atoms with Crippen LogP contribution in [-0.4, -0.2) is 52.9 Å². The fourth-order valence-electron chi connectivity index (χ4n) is 3.27. The van der Waals surface area contributed by atoms with Crippen molar-refractivity contribution in [3.05, 3.63) is 58.3 Å². The number of imidazole rings is 1. The lowest BCUT2D eigenvalue weighted by atomic mass is 10.1. The molecule has 0 unspecified atom stereocenters. The van der Waals surface area contributed by atoms with Crippen molar-refractivity contribution in [2.75, 3.05) is 43.2 Å². The maximum atomic E-state index is 11.1. The Hall–Kier alpha value is -3.20. The summed E-state index contributed by atoms with van der Waals surface area (Å²) < 4.78 is 6.71. The van der Waals surface area contributed by atoms with Crippen LogP contribution in [0.25, 0.3) is 5.65 Å². The molecular weight excluding hydrogens is 348 g/mol. The van der Waals surface area contributed by atoms with Gasteiger partial charge in [0.1, 0.15) is 6.20 Å². The van der Waals surface area contributed by atoms with Gasteiger partial charge in [0.05, 0.1) is 13.2 Å². The molecule has 3 heterocycles. The first kappa shape index (κ1) is 17.2. The highest BCUT2D eigenvalue weighted by Crippen LogP contribution is 2.24. The van der Waals surface area contributed by atoms with Gasteiger partial charge in [-0.05, 0) is 22.6 Å². The van der Waals surface area contributed by atoms with Gasteiger partial charge in [-0.1, -0.05) is 27.8 Å². The molecule has 0 aliphatic carbocycles. The Bertz CT molecular complexity index is 967. The Balaban J connectivity index is 1.61. The number of hydrogen-bond donors (Lipinski definition) is 0. The summed E-state index contributed by atoms with van der Waals surface area (Å²) in [5.41, 5.74) is 2.80. The number of morpholine rings is 1. The summed E-state index contributed by atoms with van der Waals surface area (Å²) in [6.45, 7) is 3.83. The van der Waals surface area contributed by atoms with Crippen LogP contribution in [-0.2, 0) is 11.3 Å². The molecule has 0 radical (unpaired) electrons. The molecule has 0 spiro atoms. The van der Waals surface area contributed by atoms with Crippen molar-refractivity contribution in [2.24, 2.45) is 0 Å². The number of para-hydroxylation sites is 1. The second-order valence-corrected chi connectivity index (χ2v) is 6.42. The molecule has 1 fully saturated rings. The van der Waals surface area contributed by atoms with Crippen LogP contribution in [0.15, 0.2) is 42.6 Å². The van der Waals surface area contributed by atoms with Crippen LogP contribution in [0.5, 0.6) is 0 Å². The number of nitro groups is 1. The molecule has 9 nitrogen and oxygen atoms in total. The highest BCUT2D eigenvalue weighted by Gasteiger charge is 2.19. The van der Waals surface area contributed by atoms with Gasteiger partial charge in [-0.25, -0.2) is 4.98 Å². The van der Waals surface area contributed by atoms with Crippen molar-refractivity contribution in [2.45, 2.75) is 6.54 Å². The lowest BCUT2D eigenvalue weighted by Crippen LogP contribution is -2.37. The summed E-state index contributed by atoms with van der Waals surface area (Å²) in [5.74, 6) is 0.495. The van der Waals surface area contributed by atoms with Gasteiger partial charge in [0, 0.05) is 38.4 Å². The second kappa shape index (κ2) is 7.20. The molecule has 0 bridgehead atoms.